The van der Waals surface area contributed by atoms with Crippen molar-refractivity contribution in [3.63, 3.8) is 0 Å². The number of rotatable bonds is 2. The average Bonchev–Trinajstić information content (AvgIpc) is 2.69. The minimum absolute atomic E-state index is 0.00777. The Morgan fingerprint density at radius 3 is 1.68 bits per heavy atom. The number of benzene rings is 3. The van der Waals surface area contributed by atoms with Crippen LogP contribution in [0.4, 0.5) is 5.69 Å². The monoisotopic (exact) mass is 375 g/mol. The van der Waals surface area contributed by atoms with E-state index in [2.05, 4.69) is 5.32 Å². The van der Waals surface area contributed by atoms with Gasteiger partial charge in [0, 0.05) is 5.56 Å². The third-order valence-electron chi connectivity index (χ3n) is 4.54. The van der Waals surface area contributed by atoms with Crippen LogP contribution in [0.2, 0.25) is 0 Å². The number of fused-ring (bicyclic) bond motifs is 2. The van der Waals surface area contributed by atoms with E-state index in [0.717, 1.165) is 12.1 Å². The average molecular weight is 375 g/mol. The van der Waals surface area contributed by atoms with E-state index in [-0.39, 0.29) is 27.9 Å². The topological polar surface area (TPSA) is 124 Å². The van der Waals surface area contributed by atoms with E-state index in [0.29, 0.717) is 5.56 Å². The van der Waals surface area contributed by atoms with Crippen LogP contribution in [0.15, 0.2) is 54.6 Å². The number of aromatic hydroxyl groups is 3. The van der Waals surface area contributed by atoms with Gasteiger partial charge in [-0.25, -0.2) is 0 Å². The highest BCUT2D eigenvalue weighted by Gasteiger charge is 2.38. The van der Waals surface area contributed by atoms with E-state index in [9.17, 15) is 29.7 Å². The number of hydrogen-bond acceptors (Lipinski definition) is 6. The number of carbonyl (C=O) groups excluding carboxylic acids is 3. The summed E-state index contributed by atoms with van der Waals surface area (Å²) in [5, 5.41) is 32.8. The molecule has 28 heavy (non-hydrogen) atoms. The van der Waals surface area contributed by atoms with Crippen molar-refractivity contribution >= 4 is 23.2 Å². The van der Waals surface area contributed by atoms with E-state index in [1.165, 1.54) is 12.1 Å². The molecule has 0 saturated heterocycles. The molecule has 4 rings (SSSR count). The van der Waals surface area contributed by atoms with E-state index in [1.807, 2.05) is 0 Å². The van der Waals surface area contributed by atoms with Gasteiger partial charge in [0.2, 0.25) is 11.6 Å². The zero-order chi connectivity index (χ0) is 20.0. The molecule has 7 nitrogen and oxygen atoms in total. The van der Waals surface area contributed by atoms with Gasteiger partial charge in [0.05, 0.1) is 27.9 Å². The lowest BCUT2D eigenvalue weighted by molar-refractivity contribution is 0.0971. The van der Waals surface area contributed by atoms with Gasteiger partial charge in [0.25, 0.3) is 5.91 Å². The SMILES string of the molecule is O=C(Nc1ccc(O)c2c1C(=O)c1c(O)ccc(O)c1C2=O)c1ccccc1. The summed E-state index contributed by atoms with van der Waals surface area (Å²) in [4.78, 5) is 38.4. The van der Waals surface area contributed by atoms with E-state index >= 15 is 0 Å². The quantitative estimate of drug-likeness (QED) is 0.400. The molecule has 0 atom stereocenters. The highest BCUT2D eigenvalue weighted by molar-refractivity contribution is 6.33. The molecule has 0 bridgehead atoms. The smallest absolute Gasteiger partial charge is 0.255 e. The number of phenols is 3. The summed E-state index contributed by atoms with van der Waals surface area (Å²) in [5.41, 5.74) is -1.02. The summed E-state index contributed by atoms with van der Waals surface area (Å²) in [5.74, 6) is -3.59. The van der Waals surface area contributed by atoms with Crippen molar-refractivity contribution < 1.29 is 29.7 Å². The predicted octanol–water partition coefficient (Wildman–Crippen LogP) is 2.83. The first kappa shape index (κ1) is 17.3. The molecule has 0 spiro atoms. The first-order valence-corrected chi connectivity index (χ1v) is 8.27. The number of carbonyl (C=O) groups is 3. The number of amides is 1. The second-order valence-electron chi connectivity index (χ2n) is 6.21. The molecule has 0 saturated carbocycles. The van der Waals surface area contributed by atoms with Crippen molar-refractivity contribution in [2.24, 2.45) is 0 Å². The van der Waals surface area contributed by atoms with E-state index < -0.39 is 34.7 Å². The van der Waals surface area contributed by atoms with Gasteiger partial charge in [-0.1, -0.05) is 18.2 Å². The molecule has 3 aromatic rings. The Morgan fingerprint density at radius 2 is 1.11 bits per heavy atom. The molecule has 7 heteroatoms. The Bertz CT molecular complexity index is 1170. The van der Waals surface area contributed by atoms with Gasteiger partial charge in [-0.05, 0) is 36.4 Å². The van der Waals surface area contributed by atoms with Crippen molar-refractivity contribution in [1.82, 2.24) is 0 Å². The van der Waals surface area contributed by atoms with Gasteiger partial charge in [-0.15, -0.1) is 0 Å². The first-order valence-electron chi connectivity index (χ1n) is 8.27. The summed E-state index contributed by atoms with van der Waals surface area (Å²) >= 11 is 0. The second-order valence-corrected chi connectivity index (χ2v) is 6.21. The highest BCUT2D eigenvalue weighted by atomic mass is 16.3. The van der Waals surface area contributed by atoms with Gasteiger partial charge in [0.1, 0.15) is 17.2 Å². The van der Waals surface area contributed by atoms with Gasteiger partial charge >= 0.3 is 0 Å². The van der Waals surface area contributed by atoms with Gasteiger partial charge in [-0.3, -0.25) is 14.4 Å². The maximum atomic E-state index is 13.0. The molecule has 0 fully saturated rings. The van der Waals surface area contributed by atoms with Crippen LogP contribution in [-0.4, -0.2) is 32.8 Å². The fraction of sp³-hybridized carbons (Fsp3) is 0. The summed E-state index contributed by atoms with van der Waals surface area (Å²) in [6.45, 7) is 0. The summed E-state index contributed by atoms with van der Waals surface area (Å²) < 4.78 is 0. The van der Waals surface area contributed by atoms with Crippen molar-refractivity contribution in [3.05, 3.63) is 82.4 Å². The summed E-state index contributed by atoms with van der Waals surface area (Å²) in [7, 11) is 0. The minimum atomic E-state index is -0.827. The second kappa shape index (κ2) is 6.24. The third kappa shape index (κ3) is 2.49. The lowest BCUT2D eigenvalue weighted by Gasteiger charge is -2.22. The Labute approximate surface area is 158 Å². The number of phenolic OH excluding ortho intramolecular Hbond substituents is 3. The standard InChI is InChI=1S/C21H13NO6/c23-12-7-6-11(22-21(28)10-4-2-1-3-5-10)15-16(12)20(27)18-14(25)9-8-13(24)17(18)19(15)26/h1-9,23-25H,(H,22,28). The normalized spacial score (nSPS) is 12.3. The van der Waals surface area contributed by atoms with Crippen molar-refractivity contribution in [2.45, 2.75) is 0 Å². The van der Waals surface area contributed by atoms with Crippen LogP contribution < -0.4 is 5.32 Å². The molecule has 1 aliphatic carbocycles. The maximum absolute atomic E-state index is 13.0. The molecule has 0 aliphatic heterocycles. The molecule has 0 radical (unpaired) electrons. The Balaban J connectivity index is 1.88. The highest BCUT2D eigenvalue weighted by Crippen LogP contribution is 2.42. The largest absolute Gasteiger partial charge is 0.507 e. The van der Waals surface area contributed by atoms with Crippen molar-refractivity contribution in [3.8, 4) is 17.2 Å². The molecular formula is C21H13NO6. The van der Waals surface area contributed by atoms with E-state index in [1.54, 1.807) is 30.3 Å². The maximum Gasteiger partial charge on any atom is 0.255 e. The molecule has 1 amide bonds. The zero-order valence-corrected chi connectivity index (χ0v) is 14.3. The lowest BCUT2D eigenvalue weighted by atomic mass is 9.81. The van der Waals surface area contributed by atoms with Crippen molar-refractivity contribution in [2.75, 3.05) is 5.32 Å². The Hall–Kier alpha value is -4.13. The lowest BCUT2D eigenvalue weighted by Crippen LogP contribution is -2.24. The van der Waals surface area contributed by atoms with E-state index in [4.69, 9.17) is 0 Å². The number of anilines is 1. The summed E-state index contributed by atoms with van der Waals surface area (Å²) in [6, 6.07) is 12.9. The Morgan fingerprint density at radius 1 is 0.643 bits per heavy atom. The molecule has 0 unspecified atom stereocenters. The number of nitrogens with one attached hydrogen (secondary N) is 1. The van der Waals surface area contributed by atoms with Gasteiger partial charge < -0.3 is 20.6 Å². The molecule has 0 aromatic heterocycles. The third-order valence-corrected chi connectivity index (χ3v) is 4.54. The van der Waals surface area contributed by atoms with Crippen LogP contribution in [0.5, 0.6) is 17.2 Å². The van der Waals surface area contributed by atoms with Crippen LogP contribution in [0.1, 0.15) is 42.2 Å². The predicted molar refractivity (Wildman–Crippen MR) is 99.1 cm³/mol. The molecular weight excluding hydrogens is 362 g/mol. The first-order chi connectivity index (χ1) is 13.4. The van der Waals surface area contributed by atoms with Crippen LogP contribution in [-0.2, 0) is 0 Å². The zero-order valence-electron chi connectivity index (χ0n) is 14.3. The fourth-order valence-electron chi connectivity index (χ4n) is 3.24. The van der Waals surface area contributed by atoms with Gasteiger partial charge in [-0.2, -0.15) is 0 Å². The Kier molecular flexibility index (Phi) is 3.85. The molecule has 0 heterocycles. The molecule has 4 N–H and O–H groups in total. The van der Waals surface area contributed by atoms with Crippen LogP contribution in [0.25, 0.3) is 0 Å². The minimum Gasteiger partial charge on any atom is -0.507 e. The van der Waals surface area contributed by atoms with Crippen LogP contribution in [0, 0.1) is 0 Å². The fourth-order valence-corrected chi connectivity index (χ4v) is 3.24. The molecule has 138 valence electrons. The van der Waals surface area contributed by atoms with Crippen molar-refractivity contribution in [1.29, 1.82) is 0 Å². The van der Waals surface area contributed by atoms with Crippen LogP contribution in [0.3, 0.4) is 0 Å². The number of hydrogen-bond donors (Lipinski definition) is 4. The van der Waals surface area contributed by atoms with Gasteiger partial charge in [0.15, 0.2) is 0 Å². The van der Waals surface area contributed by atoms with Crippen LogP contribution >= 0.6 is 0 Å². The molecule has 1 aliphatic rings. The summed E-state index contributed by atoms with van der Waals surface area (Å²) in [6.07, 6.45) is 0. The molecule has 3 aromatic carbocycles. The number of ketones is 2.